The molecule has 0 aliphatic heterocycles. The summed E-state index contributed by atoms with van der Waals surface area (Å²) in [6, 6.07) is 14.2. The van der Waals surface area contributed by atoms with Crippen molar-refractivity contribution in [3.05, 3.63) is 106 Å². The molecule has 0 bridgehead atoms. The highest BCUT2D eigenvalue weighted by atomic mass is 35.5. The lowest BCUT2D eigenvalue weighted by atomic mass is 9.78. The zero-order valence-corrected chi connectivity index (χ0v) is 34.2. The van der Waals surface area contributed by atoms with E-state index in [2.05, 4.69) is 51.2 Å². The van der Waals surface area contributed by atoms with Gasteiger partial charge >= 0.3 is 0 Å². The molecule has 0 spiro atoms. The van der Waals surface area contributed by atoms with Gasteiger partial charge in [-0.1, -0.05) is 88.7 Å². The summed E-state index contributed by atoms with van der Waals surface area (Å²) in [5.74, 6) is 3.57. The number of aryl methyl sites for hydroxylation is 1. The van der Waals surface area contributed by atoms with Crippen LogP contribution in [-0.2, 0) is 33.3 Å². The lowest BCUT2D eigenvalue weighted by molar-refractivity contribution is 0.413. The zero-order valence-electron chi connectivity index (χ0n) is 30.8. The average Bonchev–Trinajstić information content (AvgIpc) is 3.04. The van der Waals surface area contributed by atoms with Gasteiger partial charge in [0.15, 0.2) is 0 Å². The molecule has 0 heterocycles. The molecule has 3 aromatic carbocycles. The summed E-state index contributed by atoms with van der Waals surface area (Å²) in [4.78, 5) is 4.53. The number of aliphatic imine (C=N–C) groups is 1. The van der Waals surface area contributed by atoms with Crippen molar-refractivity contribution in [1.82, 2.24) is 0 Å². The van der Waals surface area contributed by atoms with E-state index < -0.39 is 21.2 Å². The van der Waals surface area contributed by atoms with E-state index in [1.807, 2.05) is 32.9 Å². The van der Waals surface area contributed by atoms with Gasteiger partial charge < -0.3 is 4.74 Å². The quantitative estimate of drug-likeness (QED) is 0.0679. The molecule has 10 heteroatoms. The van der Waals surface area contributed by atoms with Gasteiger partial charge in [0, 0.05) is 34.1 Å². The number of nitrogens with zero attached hydrogens (tertiary/aromatic N) is 1. The predicted molar refractivity (Wildman–Crippen MR) is 217 cm³/mol. The van der Waals surface area contributed by atoms with E-state index >= 15 is 0 Å². The first kappa shape index (κ1) is 46.7. The fourth-order valence-electron chi connectivity index (χ4n) is 3.84. The number of rotatable bonds is 10. The topological polar surface area (TPSA) is 38.7 Å². The van der Waals surface area contributed by atoms with Crippen LogP contribution in [0.4, 0.5) is 13.2 Å². The molecule has 1 unspecified atom stereocenters. The number of ether oxygens (including phenoxy) is 1. The molecular weight excluding hydrogens is 703 g/mol. The number of halogens is 4. The van der Waals surface area contributed by atoms with Crippen LogP contribution in [0.3, 0.4) is 0 Å². The molecule has 0 amide bonds. The minimum atomic E-state index is -2.69. The van der Waals surface area contributed by atoms with Gasteiger partial charge in [-0.3, -0.25) is 9.20 Å². The second-order valence-electron chi connectivity index (χ2n) is 11.9. The number of hydrogen-bond acceptors (Lipinski definition) is 4. The first-order valence-electron chi connectivity index (χ1n) is 16.2. The van der Waals surface area contributed by atoms with Gasteiger partial charge in [0.05, 0.1) is 17.2 Å². The third-order valence-electron chi connectivity index (χ3n) is 7.31. The largest absolute Gasteiger partial charge is 0.495 e. The molecule has 3 aromatic rings. The molecule has 1 atom stereocenters. The monoisotopic (exact) mass is 758 g/mol. The number of benzene rings is 3. The number of hydrogen-bond donors (Lipinski definition) is 0. The fourth-order valence-corrected chi connectivity index (χ4v) is 5.50. The Labute approximate surface area is 309 Å². The van der Waals surface area contributed by atoms with Crippen molar-refractivity contribution in [3.8, 4) is 5.75 Å². The van der Waals surface area contributed by atoms with Crippen molar-refractivity contribution in [1.29, 1.82) is 0 Å². The predicted octanol–water partition coefficient (Wildman–Crippen LogP) is 11.6. The van der Waals surface area contributed by atoms with Crippen molar-refractivity contribution in [2.24, 2.45) is 4.99 Å². The summed E-state index contributed by atoms with van der Waals surface area (Å²) in [6.45, 7) is 16.3. The number of unbranched alkanes of at least 4 members (excludes halogenated alkanes) is 3. The molecule has 0 radical (unpaired) electrons. The fraction of sp³-hybridized carbons (Fsp3) is 0.436. The lowest BCUT2D eigenvalue weighted by Gasteiger charge is -2.27. The van der Waals surface area contributed by atoms with E-state index in [0.717, 1.165) is 34.6 Å². The standard InChI is InChI=1S/C24H28ClF2NO2S2.C7H7F.C6H14.C2H6S/c1-15(24(3,4)17-8-9-20(25)23(10-17)30-5)13-28-16(2)31-14-19-21(26)11-18(12-22(19)27)32(6,7)29;1-6-2-4-7(8)5-3-6;1-3-5-6-4-2;1-2-3/h8-13H,6,14H2,1-5,7H3;2-5H,1H3;3-6H2,1-2H3;3H,2H2,1H3/p+1/b15-13+,28-16?;;;. The zero-order chi connectivity index (χ0) is 37.8. The molecule has 3 rings (SSSR count). The van der Waals surface area contributed by atoms with E-state index in [0.29, 0.717) is 15.8 Å². The molecule has 0 saturated heterocycles. The molecule has 0 N–H and O–H groups in total. The van der Waals surface area contributed by atoms with Gasteiger partial charge in [-0.25, -0.2) is 13.2 Å². The second-order valence-corrected chi connectivity index (χ2v) is 16.7. The molecule has 0 aliphatic carbocycles. The van der Waals surface area contributed by atoms with E-state index in [1.54, 1.807) is 38.4 Å². The number of thioether (sulfide) groups is 1. The maximum Gasteiger partial charge on any atom is 0.137 e. The van der Waals surface area contributed by atoms with E-state index in [4.69, 9.17) is 16.3 Å². The van der Waals surface area contributed by atoms with Gasteiger partial charge in [-0.2, -0.15) is 0 Å². The number of allylic oxidation sites excluding steroid dienone is 1. The van der Waals surface area contributed by atoms with Crippen LogP contribution >= 0.6 is 23.4 Å². The summed E-state index contributed by atoms with van der Waals surface area (Å²) in [7, 11) is -1.12. The Balaban J connectivity index is 0.00000110. The Morgan fingerprint density at radius 3 is 1.94 bits per heavy atom. The van der Waals surface area contributed by atoms with Crippen LogP contribution in [0.25, 0.3) is 0 Å². The van der Waals surface area contributed by atoms with E-state index in [1.165, 1.54) is 55.8 Å². The smallest absolute Gasteiger partial charge is 0.137 e. The highest BCUT2D eigenvalue weighted by Gasteiger charge is 2.24. The van der Waals surface area contributed by atoms with Gasteiger partial charge in [-0.15, -0.1) is 11.8 Å². The van der Waals surface area contributed by atoms with Crippen LogP contribution in [0, 0.1) is 24.4 Å². The van der Waals surface area contributed by atoms with Crippen molar-refractivity contribution in [2.45, 2.75) is 97.1 Å². The highest BCUT2D eigenvalue weighted by Crippen LogP contribution is 2.36. The summed E-state index contributed by atoms with van der Waals surface area (Å²) in [5.41, 5.74) is 2.70. The minimum absolute atomic E-state index is 0.0614. The summed E-state index contributed by atoms with van der Waals surface area (Å²) >= 11 is 10.5. The van der Waals surface area contributed by atoms with Crippen LogP contribution in [-0.4, -0.2) is 34.2 Å². The van der Waals surface area contributed by atoms with Gasteiger partial charge in [0.25, 0.3) is 0 Å². The third-order valence-corrected chi connectivity index (χ3v) is 9.81. The van der Waals surface area contributed by atoms with Crippen molar-refractivity contribution < 1.29 is 22.1 Å². The molecule has 3 nitrogen and oxygen atoms in total. The molecule has 0 fully saturated rings. The minimum Gasteiger partial charge on any atom is -0.495 e. The Bertz CT molecular complexity index is 1540. The van der Waals surface area contributed by atoms with E-state index in [9.17, 15) is 17.4 Å². The van der Waals surface area contributed by atoms with Crippen LogP contribution in [0.1, 0.15) is 90.8 Å². The molecule has 49 heavy (non-hydrogen) atoms. The van der Waals surface area contributed by atoms with Crippen LogP contribution < -0.4 is 4.74 Å². The van der Waals surface area contributed by atoms with Crippen LogP contribution in [0.5, 0.6) is 5.75 Å². The SMILES string of the molecule is C=S(C)(=O)c1cc(F)c(CSC(C)=N/C=C(\C)C(C)(C)c2ccc(Cl)c(OC)c2)c(F)c1.CCCCCC.CC[SH2+].Cc1ccc(F)cc1. The van der Waals surface area contributed by atoms with Crippen molar-refractivity contribution in [3.63, 3.8) is 0 Å². The Hall–Kier alpha value is -2.33. The first-order valence-corrected chi connectivity index (χ1v) is 20.4. The first-order chi connectivity index (χ1) is 22.9. The van der Waals surface area contributed by atoms with Crippen molar-refractivity contribution >= 4 is 56.4 Å². The molecule has 274 valence electrons. The van der Waals surface area contributed by atoms with Gasteiger partial charge in [0.1, 0.15) is 29.0 Å². The third kappa shape index (κ3) is 17.9. The van der Waals surface area contributed by atoms with Gasteiger partial charge in [-0.05, 0) is 103 Å². The Morgan fingerprint density at radius 2 is 1.51 bits per heavy atom. The lowest BCUT2D eigenvalue weighted by Crippen LogP contribution is -2.18. The molecule has 0 saturated carbocycles. The maximum atomic E-state index is 14.4. The number of methoxy groups -OCH3 is 1. The van der Waals surface area contributed by atoms with Crippen LogP contribution in [0.15, 0.2) is 76.3 Å². The molecular formula is C39H56ClF3NO2S3+. The highest BCUT2D eigenvalue weighted by molar-refractivity contribution is 8.13. The van der Waals surface area contributed by atoms with E-state index in [-0.39, 0.29) is 27.4 Å². The normalized spacial score (nSPS) is 12.7. The van der Waals surface area contributed by atoms with Gasteiger partial charge in [0.2, 0.25) is 0 Å². The Kier molecular flexibility index (Phi) is 22.8. The second kappa shape index (κ2) is 24.0. The Morgan fingerprint density at radius 1 is 1.00 bits per heavy atom. The maximum absolute atomic E-state index is 14.4. The molecule has 0 aromatic heterocycles. The summed E-state index contributed by atoms with van der Waals surface area (Å²) in [6.07, 6.45) is 8.64. The van der Waals surface area contributed by atoms with Crippen molar-refractivity contribution in [2.75, 3.05) is 19.1 Å². The molecule has 0 aliphatic rings. The van der Waals surface area contributed by atoms with Crippen LogP contribution in [0.2, 0.25) is 5.02 Å². The average molecular weight is 760 g/mol. The summed E-state index contributed by atoms with van der Waals surface area (Å²) in [5, 5.41) is 1.20. The summed E-state index contributed by atoms with van der Waals surface area (Å²) < 4.78 is 58.1.